The second-order valence-electron chi connectivity index (χ2n) is 3.52. The SMILES string of the molecule is O=C(O)C(=O)/C=C1\CC[C@@H](O)[C@@H]2O[C@H]12. The fourth-order valence-corrected chi connectivity index (χ4v) is 1.72. The molecule has 0 bridgehead atoms. The first-order chi connectivity index (χ1) is 6.59. The number of aliphatic carboxylic acids is 1. The molecule has 0 radical (unpaired) electrons. The lowest BCUT2D eigenvalue weighted by Crippen LogP contribution is -2.23. The van der Waals surface area contributed by atoms with Crippen molar-refractivity contribution < 1.29 is 24.5 Å². The topological polar surface area (TPSA) is 87.1 Å². The van der Waals surface area contributed by atoms with Crippen molar-refractivity contribution in [1.29, 1.82) is 0 Å². The van der Waals surface area contributed by atoms with Crippen LogP contribution in [0.5, 0.6) is 0 Å². The van der Waals surface area contributed by atoms with Gasteiger partial charge < -0.3 is 14.9 Å². The maximum absolute atomic E-state index is 10.9. The molecule has 76 valence electrons. The Labute approximate surface area is 80.0 Å². The second-order valence-corrected chi connectivity index (χ2v) is 3.52. The smallest absolute Gasteiger partial charge is 0.376 e. The predicted molar refractivity (Wildman–Crippen MR) is 44.6 cm³/mol. The van der Waals surface area contributed by atoms with Crippen LogP contribution in [0.4, 0.5) is 0 Å². The third kappa shape index (κ3) is 1.56. The molecule has 1 saturated heterocycles. The van der Waals surface area contributed by atoms with Gasteiger partial charge in [-0.25, -0.2) is 4.79 Å². The molecule has 1 aliphatic carbocycles. The number of rotatable bonds is 2. The molecule has 3 atom stereocenters. The number of carbonyl (C=O) groups excluding carboxylic acids is 1. The average Bonchev–Trinajstić information content (AvgIpc) is 2.89. The molecule has 2 aliphatic rings. The van der Waals surface area contributed by atoms with E-state index in [9.17, 15) is 14.7 Å². The van der Waals surface area contributed by atoms with Crippen LogP contribution >= 0.6 is 0 Å². The third-order valence-electron chi connectivity index (χ3n) is 2.53. The van der Waals surface area contributed by atoms with Gasteiger partial charge in [0.2, 0.25) is 0 Å². The first-order valence-corrected chi connectivity index (χ1v) is 4.41. The molecule has 5 nitrogen and oxygen atoms in total. The highest BCUT2D eigenvalue weighted by Crippen LogP contribution is 2.40. The van der Waals surface area contributed by atoms with Gasteiger partial charge in [0.05, 0.1) is 6.10 Å². The van der Waals surface area contributed by atoms with Crippen molar-refractivity contribution in [2.45, 2.75) is 31.2 Å². The number of epoxide rings is 1. The summed E-state index contributed by atoms with van der Waals surface area (Å²) in [4.78, 5) is 21.1. The number of hydrogen-bond acceptors (Lipinski definition) is 4. The first-order valence-electron chi connectivity index (χ1n) is 4.41. The van der Waals surface area contributed by atoms with Crippen LogP contribution in [-0.4, -0.2) is 40.3 Å². The molecule has 2 rings (SSSR count). The van der Waals surface area contributed by atoms with Gasteiger partial charge in [0.25, 0.3) is 5.78 Å². The summed E-state index contributed by atoms with van der Waals surface area (Å²) in [5, 5.41) is 17.7. The van der Waals surface area contributed by atoms with Crippen molar-refractivity contribution >= 4 is 11.8 Å². The monoisotopic (exact) mass is 198 g/mol. The largest absolute Gasteiger partial charge is 0.475 e. The molecule has 0 aromatic carbocycles. The van der Waals surface area contributed by atoms with Crippen LogP contribution in [0, 0.1) is 0 Å². The van der Waals surface area contributed by atoms with Gasteiger partial charge in [0.15, 0.2) is 0 Å². The van der Waals surface area contributed by atoms with Gasteiger partial charge in [-0.2, -0.15) is 0 Å². The number of carboxylic acids is 1. The summed E-state index contributed by atoms with van der Waals surface area (Å²) in [6, 6.07) is 0. The molecule has 0 unspecified atom stereocenters. The molecule has 0 aromatic rings. The van der Waals surface area contributed by atoms with Crippen molar-refractivity contribution in [2.75, 3.05) is 0 Å². The number of hydrogen-bond donors (Lipinski definition) is 2. The third-order valence-corrected chi connectivity index (χ3v) is 2.53. The Hall–Kier alpha value is -1.20. The summed E-state index contributed by atoms with van der Waals surface area (Å²) in [5.41, 5.74) is 0.688. The number of carbonyl (C=O) groups is 2. The summed E-state index contributed by atoms with van der Waals surface area (Å²) >= 11 is 0. The average molecular weight is 198 g/mol. The zero-order chi connectivity index (χ0) is 10.3. The fourth-order valence-electron chi connectivity index (χ4n) is 1.72. The van der Waals surface area contributed by atoms with Crippen LogP contribution < -0.4 is 0 Å². The Morgan fingerprint density at radius 1 is 1.50 bits per heavy atom. The standard InChI is InChI=1S/C9H10O5/c10-5-2-1-4(7-8(5)14-7)3-6(11)9(12)13/h3,5,7-8,10H,1-2H2,(H,12,13)/b4-3+/t5-,7-,8+/m1/s1. The zero-order valence-electron chi connectivity index (χ0n) is 7.34. The van der Waals surface area contributed by atoms with Crippen LogP contribution in [0.2, 0.25) is 0 Å². The first kappa shape index (κ1) is 9.36. The number of ether oxygens (including phenoxy) is 1. The summed E-state index contributed by atoms with van der Waals surface area (Å²) in [6.45, 7) is 0. The molecular weight excluding hydrogens is 188 g/mol. The number of fused-ring (bicyclic) bond motifs is 1. The maximum atomic E-state index is 10.9. The number of aliphatic hydroxyl groups excluding tert-OH is 1. The van der Waals surface area contributed by atoms with Crippen LogP contribution in [-0.2, 0) is 14.3 Å². The lowest BCUT2D eigenvalue weighted by atomic mass is 9.92. The van der Waals surface area contributed by atoms with Crippen molar-refractivity contribution in [3.8, 4) is 0 Å². The highest BCUT2D eigenvalue weighted by atomic mass is 16.6. The number of carboxylic acid groups (broad SMARTS) is 1. The van der Waals surface area contributed by atoms with Gasteiger partial charge >= 0.3 is 5.97 Å². The van der Waals surface area contributed by atoms with E-state index in [1.807, 2.05) is 0 Å². The molecular formula is C9H10O5. The molecule has 1 heterocycles. The molecule has 5 heteroatoms. The zero-order valence-corrected chi connectivity index (χ0v) is 7.34. The molecule has 0 amide bonds. The second kappa shape index (κ2) is 3.18. The number of ketones is 1. The van der Waals surface area contributed by atoms with Gasteiger partial charge in [0, 0.05) is 0 Å². The fraction of sp³-hybridized carbons (Fsp3) is 0.556. The van der Waals surface area contributed by atoms with Gasteiger partial charge in [-0.15, -0.1) is 0 Å². The van der Waals surface area contributed by atoms with E-state index in [2.05, 4.69) is 0 Å². The van der Waals surface area contributed by atoms with E-state index in [0.717, 1.165) is 6.08 Å². The van der Waals surface area contributed by atoms with E-state index in [-0.39, 0.29) is 12.2 Å². The van der Waals surface area contributed by atoms with Crippen LogP contribution in [0.3, 0.4) is 0 Å². The van der Waals surface area contributed by atoms with E-state index in [1.54, 1.807) is 0 Å². The van der Waals surface area contributed by atoms with Gasteiger partial charge in [-0.05, 0) is 24.5 Å². The Morgan fingerprint density at radius 2 is 2.21 bits per heavy atom. The van der Waals surface area contributed by atoms with Gasteiger partial charge in [0.1, 0.15) is 12.2 Å². The number of aliphatic hydroxyl groups is 1. The minimum absolute atomic E-state index is 0.225. The summed E-state index contributed by atoms with van der Waals surface area (Å²) in [5.74, 6) is -2.38. The van der Waals surface area contributed by atoms with Crippen molar-refractivity contribution in [3.63, 3.8) is 0 Å². The van der Waals surface area contributed by atoms with Crippen LogP contribution in [0.15, 0.2) is 11.6 Å². The van der Waals surface area contributed by atoms with E-state index < -0.39 is 17.9 Å². The Balaban J connectivity index is 2.07. The molecule has 1 saturated carbocycles. The molecule has 1 aliphatic heterocycles. The van der Waals surface area contributed by atoms with Crippen LogP contribution in [0.1, 0.15) is 12.8 Å². The predicted octanol–water partition coefficient (Wildman–Crippen LogP) is -0.511. The van der Waals surface area contributed by atoms with E-state index in [1.165, 1.54) is 0 Å². The Bertz CT molecular complexity index is 319. The van der Waals surface area contributed by atoms with Gasteiger partial charge in [-0.3, -0.25) is 4.79 Å². The molecule has 0 aromatic heterocycles. The lowest BCUT2D eigenvalue weighted by molar-refractivity contribution is -0.146. The van der Waals surface area contributed by atoms with E-state index in [4.69, 9.17) is 9.84 Å². The van der Waals surface area contributed by atoms with Crippen molar-refractivity contribution in [3.05, 3.63) is 11.6 Å². The summed E-state index contributed by atoms with van der Waals surface area (Å²) in [7, 11) is 0. The van der Waals surface area contributed by atoms with Crippen molar-refractivity contribution in [2.24, 2.45) is 0 Å². The summed E-state index contributed by atoms with van der Waals surface area (Å²) in [6.07, 6.45) is 1.23. The Kier molecular flexibility index (Phi) is 2.13. The van der Waals surface area contributed by atoms with E-state index >= 15 is 0 Å². The lowest BCUT2D eigenvalue weighted by Gasteiger charge is -2.13. The van der Waals surface area contributed by atoms with Crippen LogP contribution in [0.25, 0.3) is 0 Å². The molecule has 0 spiro atoms. The van der Waals surface area contributed by atoms with Gasteiger partial charge in [-0.1, -0.05) is 0 Å². The highest BCUT2D eigenvalue weighted by Gasteiger charge is 2.49. The Morgan fingerprint density at radius 3 is 2.86 bits per heavy atom. The molecule has 2 fully saturated rings. The molecule has 2 N–H and O–H groups in total. The minimum Gasteiger partial charge on any atom is -0.475 e. The van der Waals surface area contributed by atoms with E-state index in [0.29, 0.717) is 18.4 Å². The van der Waals surface area contributed by atoms with Crippen molar-refractivity contribution in [1.82, 2.24) is 0 Å². The normalized spacial score (nSPS) is 37.8. The quantitative estimate of drug-likeness (QED) is 0.354. The minimum atomic E-state index is -1.46. The maximum Gasteiger partial charge on any atom is 0.376 e. The summed E-state index contributed by atoms with van der Waals surface area (Å²) < 4.78 is 5.12. The molecule has 14 heavy (non-hydrogen) atoms. The highest BCUT2D eigenvalue weighted by molar-refractivity contribution is 6.37.